The summed E-state index contributed by atoms with van der Waals surface area (Å²) in [5, 5.41) is 1.35. The third-order valence-electron chi connectivity index (χ3n) is 4.17. The number of allylic oxidation sites excluding steroid dienone is 1. The van der Waals surface area contributed by atoms with Crippen LogP contribution in [0.25, 0.3) is 17.0 Å². The van der Waals surface area contributed by atoms with Crippen molar-refractivity contribution in [2.45, 2.75) is 19.8 Å². The molecule has 20 heavy (non-hydrogen) atoms. The minimum absolute atomic E-state index is 1.04. The SMILES string of the molecule is Cc1ccc2c(CC3=Cc4ccccc4C3)c[nH]c2c1. The summed E-state index contributed by atoms with van der Waals surface area (Å²) in [4.78, 5) is 3.40. The standard InChI is InChI=1S/C19H17N/c1-13-6-7-18-17(12-20-19(18)8-13)11-14-9-15-4-2-3-5-16(15)10-14/h2-9,12,20H,10-11H2,1H3. The monoisotopic (exact) mass is 259 g/mol. The van der Waals surface area contributed by atoms with Gasteiger partial charge in [0.05, 0.1) is 0 Å². The molecule has 1 nitrogen and oxygen atoms in total. The first-order chi connectivity index (χ1) is 9.79. The Hall–Kier alpha value is -2.28. The number of rotatable bonds is 2. The molecule has 2 aromatic carbocycles. The van der Waals surface area contributed by atoms with Gasteiger partial charge in [-0.05, 0) is 48.1 Å². The molecule has 0 fully saturated rings. The maximum atomic E-state index is 3.40. The Labute approximate surface area is 119 Å². The highest BCUT2D eigenvalue weighted by molar-refractivity contribution is 5.84. The van der Waals surface area contributed by atoms with Gasteiger partial charge in [0, 0.05) is 17.1 Å². The van der Waals surface area contributed by atoms with Gasteiger partial charge in [0.15, 0.2) is 0 Å². The van der Waals surface area contributed by atoms with E-state index in [1.54, 1.807) is 0 Å². The highest BCUT2D eigenvalue weighted by Gasteiger charge is 2.13. The Bertz CT molecular complexity index is 821. The van der Waals surface area contributed by atoms with Crippen LogP contribution in [0, 0.1) is 6.92 Å². The maximum Gasteiger partial charge on any atom is 0.0459 e. The molecule has 0 aliphatic heterocycles. The maximum absolute atomic E-state index is 3.40. The molecule has 0 saturated carbocycles. The van der Waals surface area contributed by atoms with Gasteiger partial charge in [-0.3, -0.25) is 0 Å². The molecule has 1 heteroatoms. The molecule has 1 N–H and O–H groups in total. The minimum Gasteiger partial charge on any atom is -0.361 e. The zero-order chi connectivity index (χ0) is 13.5. The van der Waals surface area contributed by atoms with E-state index in [9.17, 15) is 0 Å². The van der Waals surface area contributed by atoms with E-state index in [2.05, 4.69) is 66.6 Å². The van der Waals surface area contributed by atoms with Gasteiger partial charge in [-0.2, -0.15) is 0 Å². The summed E-state index contributed by atoms with van der Waals surface area (Å²) in [5.74, 6) is 0. The fourth-order valence-corrected chi connectivity index (χ4v) is 3.16. The number of fused-ring (bicyclic) bond motifs is 2. The number of hydrogen-bond acceptors (Lipinski definition) is 0. The van der Waals surface area contributed by atoms with E-state index in [4.69, 9.17) is 0 Å². The summed E-state index contributed by atoms with van der Waals surface area (Å²) in [6.07, 6.45) is 6.64. The second-order valence-electron chi connectivity index (χ2n) is 5.72. The number of H-pyrrole nitrogens is 1. The van der Waals surface area contributed by atoms with Crippen LogP contribution in [0.2, 0.25) is 0 Å². The van der Waals surface area contributed by atoms with Crippen LogP contribution in [-0.2, 0) is 12.8 Å². The second-order valence-corrected chi connectivity index (χ2v) is 5.72. The lowest BCUT2D eigenvalue weighted by molar-refractivity contribution is 1.08. The molecule has 4 rings (SSSR count). The van der Waals surface area contributed by atoms with Crippen molar-refractivity contribution in [3.63, 3.8) is 0 Å². The molecule has 98 valence electrons. The molecule has 0 unspecified atom stereocenters. The first-order valence-electron chi connectivity index (χ1n) is 7.13. The van der Waals surface area contributed by atoms with E-state index in [1.807, 2.05) is 0 Å². The van der Waals surface area contributed by atoms with E-state index in [0.29, 0.717) is 0 Å². The molecule has 1 aliphatic rings. The third-order valence-corrected chi connectivity index (χ3v) is 4.17. The molecule has 0 atom stereocenters. The normalized spacial score (nSPS) is 13.6. The van der Waals surface area contributed by atoms with Crippen molar-refractivity contribution in [1.29, 1.82) is 0 Å². The van der Waals surface area contributed by atoms with Crippen LogP contribution in [0.1, 0.15) is 22.3 Å². The first kappa shape index (κ1) is 11.5. The summed E-state index contributed by atoms with van der Waals surface area (Å²) in [6.45, 7) is 2.14. The number of nitrogens with one attached hydrogen (secondary N) is 1. The van der Waals surface area contributed by atoms with E-state index in [1.165, 1.54) is 38.7 Å². The van der Waals surface area contributed by atoms with Gasteiger partial charge in [-0.15, -0.1) is 0 Å². The Kier molecular flexibility index (Phi) is 2.53. The van der Waals surface area contributed by atoms with Gasteiger partial charge < -0.3 is 4.98 Å². The van der Waals surface area contributed by atoms with Crippen molar-refractivity contribution in [2.75, 3.05) is 0 Å². The highest BCUT2D eigenvalue weighted by atomic mass is 14.7. The zero-order valence-corrected chi connectivity index (χ0v) is 11.6. The van der Waals surface area contributed by atoms with Crippen LogP contribution in [0.3, 0.4) is 0 Å². The lowest BCUT2D eigenvalue weighted by atomic mass is 10.0. The topological polar surface area (TPSA) is 15.8 Å². The van der Waals surface area contributed by atoms with Gasteiger partial charge in [0.2, 0.25) is 0 Å². The summed E-state index contributed by atoms with van der Waals surface area (Å²) in [5.41, 5.74) is 8.30. The van der Waals surface area contributed by atoms with Crippen LogP contribution < -0.4 is 0 Å². The molecule has 0 bridgehead atoms. The Morgan fingerprint density at radius 2 is 2.00 bits per heavy atom. The lowest BCUT2D eigenvalue weighted by Crippen LogP contribution is -1.90. The number of aromatic amines is 1. The van der Waals surface area contributed by atoms with Crippen molar-refractivity contribution < 1.29 is 0 Å². The Morgan fingerprint density at radius 3 is 2.90 bits per heavy atom. The first-order valence-corrected chi connectivity index (χ1v) is 7.13. The Balaban J connectivity index is 1.67. The van der Waals surface area contributed by atoms with Crippen LogP contribution >= 0.6 is 0 Å². The van der Waals surface area contributed by atoms with Gasteiger partial charge in [-0.1, -0.05) is 48.0 Å². The molecule has 0 radical (unpaired) electrons. The zero-order valence-electron chi connectivity index (χ0n) is 11.6. The van der Waals surface area contributed by atoms with Crippen LogP contribution in [0.4, 0.5) is 0 Å². The fourth-order valence-electron chi connectivity index (χ4n) is 3.16. The predicted octanol–water partition coefficient (Wildman–Crippen LogP) is 4.66. The minimum atomic E-state index is 1.04. The largest absolute Gasteiger partial charge is 0.361 e. The Morgan fingerprint density at radius 1 is 1.10 bits per heavy atom. The average molecular weight is 259 g/mol. The van der Waals surface area contributed by atoms with Gasteiger partial charge in [0.25, 0.3) is 0 Å². The number of aromatic nitrogens is 1. The molecule has 0 spiro atoms. The smallest absolute Gasteiger partial charge is 0.0459 e. The van der Waals surface area contributed by atoms with Crippen molar-refractivity contribution >= 4 is 17.0 Å². The average Bonchev–Trinajstić information content (AvgIpc) is 3.02. The van der Waals surface area contributed by atoms with Crippen molar-refractivity contribution in [3.05, 3.63) is 76.5 Å². The number of aryl methyl sites for hydroxylation is 1. The van der Waals surface area contributed by atoms with Crippen molar-refractivity contribution in [3.8, 4) is 0 Å². The molecular weight excluding hydrogens is 242 g/mol. The quantitative estimate of drug-likeness (QED) is 0.689. The summed E-state index contributed by atoms with van der Waals surface area (Å²) in [6, 6.07) is 15.3. The second kappa shape index (κ2) is 4.38. The van der Waals surface area contributed by atoms with Crippen LogP contribution in [-0.4, -0.2) is 4.98 Å². The van der Waals surface area contributed by atoms with Crippen molar-refractivity contribution in [2.24, 2.45) is 0 Å². The van der Waals surface area contributed by atoms with E-state index < -0.39 is 0 Å². The van der Waals surface area contributed by atoms with Gasteiger partial charge >= 0.3 is 0 Å². The van der Waals surface area contributed by atoms with Gasteiger partial charge in [0.1, 0.15) is 0 Å². The van der Waals surface area contributed by atoms with E-state index >= 15 is 0 Å². The highest BCUT2D eigenvalue weighted by Crippen LogP contribution is 2.29. The number of benzene rings is 2. The molecule has 0 amide bonds. The fraction of sp³-hybridized carbons (Fsp3) is 0.158. The van der Waals surface area contributed by atoms with Crippen molar-refractivity contribution in [1.82, 2.24) is 4.98 Å². The molecule has 0 saturated heterocycles. The van der Waals surface area contributed by atoms with Crippen LogP contribution in [0.15, 0.2) is 54.2 Å². The third kappa shape index (κ3) is 1.87. The lowest BCUT2D eigenvalue weighted by Gasteiger charge is -2.01. The van der Waals surface area contributed by atoms with Crippen LogP contribution in [0.5, 0.6) is 0 Å². The molecular formula is C19H17N. The van der Waals surface area contributed by atoms with Gasteiger partial charge in [-0.25, -0.2) is 0 Å². The van der Waals surface area contributed by atoms with E-state index in [0.717, 1.165) is 12.8 Å². The molecule has 1 aromatic heterocycles. The summed E-state index contributed by atoms with van der Waals surface area (Å²) in [7, 11) is 0. The summed E-state index contributed by atoms with van der Waals surface area (Å²) >= 11 is 0. The predicted molar refractivity (Wildman–Crippen MR) is 84.9 cm³/mol. The molecule has 1 heterocycles. The molecule has 1 aliphatic carbocycles. The van der Waals surface area contributed by atoms with E-state index in [-0.39, 0.29) is 0 Å². The summed E-state index contributed by atoms with van der Waals surface area (Å²) < 4.78 is 0. The number of hydrogen-bond donors (Lipinski definition) is 1. The molecule has 3 aromatic rings.